The number of methoxy groups -OCH3 is 1. The van der Waals surface area contributed by atoms with Gasteiger partial charge < -0.3 is 15.8 Å². The van der Waals surface area contributed by atoms with Crippen molar-refractivity contribution >= 4 is 29.4 Å². The van der Waals surface area contributed by atoms with Gasteiger partial charge in [-0.3, -0.25) is 14.9 Å². The zero-order chi connectivity index (χ0) is 17.6. The van der Waals surface area contributed by atoms with Crippen LogP contribution in [-0.2, 0) is 0 Å². The molecule has 3 aromatic rings. The summed E-state index contributed by atoms with van der Waals surface area (Å²) < 4.78 is 5.11. The van der Waals surface area contributed by atoms with Crippen LogP contribution in [0.3, 0.4) is 0 Å². The van der Waals surface area contributed by atoms with Gasteiger partial charge in [-0.25, -0.2) is 4.99 Å². The number of nitrogens with two attached hydrogens (primary N) is 1. The number of ether oxygens (including phenoxy) is 1. The Morgan fingerprint density at radius 3 is 2.76 bits per heavy atom. The molecular formula is C17H16N6O2. The lowest BCUT2D eigenvalue weighted by molar-refractivity contribution is 0.100. The third-order valence-corrected chi connectivity index (χ3v) is 3.38. The predicted octanol–water partition coefficient (Wildman–Crippen LogP) is 2.41. The van der Waals surface area contributed by atoms with E-state index in [2.05, 4.69) is 25.5 Å². The summed E-state index contributed by atoms with van der Waals surface area (Å²) in [5.41, 5.74) is 7.18. The molecule has 126 valence electrons. The summed E-state index contributed by atoms with van der Waals surface area (Å²) in [5.74, 6) is 0.678. The molecular weight excluding hydrogens is 320 g/mol. The first-order valence-electron chi connectivity index (χ1n) is 7.40. The molecule has 0 saturated carbocycles. The summed E-state index contributed by atoms with van der Waals surface area (Å²) in [7, 11) is 1.60. The van der Waals surface area contributed by atoms with Crippen molar-refractivity contribution < 1.29 is 9.53 Å². The van der Waals surface area contributed by atoms with Crippen molar-refractivity contribution in [1.82, 2.24) is 15.2 Å². The van der Waals surface area contributed by atoms with Crippen LogP contribution in [0.2, 0.25) is 0 Å². The number of carbonyl (C=O) groups is 1. The normalized spacial score (nSPS) is 10.8. The number of hydrogen-bond acceptors (Lipinski definition) is 6. The molecule has 0 aliphatic rings. The van der Waals surface area contributed by atoms with Crippen LogP contribution in [0.25, 0.3) is 0 Å². The molecule has 4 N–H and O–H groups in total. The van der Waals surface area contributed by atoms with Gasteiger partial charge >= 0.3 is 0 Å². The van der Waals surface area contributed by atoms with Crippen LogP contribution in [0, 0.1) is 0 Å². The van der Waals surface area contributed by atoms with Gasteiger partial charge in [-0.1, -0.05) is 0 Å². The fourth-order valence-corrected chi connectivity index (χ4v) is 2.16. The number of aromatic amines is 1. The first-order chi connectivity index (χ1) is 12.2. The van der Waals surface area contributed by atoms with Crippen molar-refractivity contribution in [3.8, 4) is 5.75 Å². The number of nitrogens with zero attached hydrogens (tertiary/aromatic N) is 3. The van der Waals surface area contributed by atoms with Gasteiger partial charge in [-0.05, 0) is 42.0 Å². The van der Waals surface area contributed by atoms with Crippen LogP contribution in [0.15, 0.2) is 53.8 Å². The highest BCUT2D eigenvalue weighted by Crippen LogP contribution is 2.25. The van der Waals surface area contributed by atoms with E-state index in [1.807, 2.05) is 24.3 Å². The molecule has 25 heavy (non-hydrogen) atoms. The first-order valence-corrected chi connectivity index (χ1v) is 7.40. The summed E-state index contributed by atoms with van der Waals surface area (Å²) in [5, 5.41) is 9.80. The highest BCUT2D eigenvalue weighted by Gasteiger charge is 2.18. The molecule has 0 radical (unpaired) electrons. The molecule has 3 rings (SSSR count). The van der Waals surface area contributed by atoms with Crippen LogP contribution in [0.5, 0.6) is 5.75 Å². The number of carbonyl (C=O) groups excluding carboxylic acids is 1. The molecule has 1 aromatic carbocycles. The molecule has 0 atom stereocenters. The molecule has 8 nitrogen and oxygen atoms in total. The van der Waals surface area contributed by atoms with E-state index in [0.717, 1.165) is 11.3 Å². The Hall–Kier alpha value is -3.68. The number of pyridine rings is 1. The van der Waals surface area contributed by atoms with Crippen molar-refractivity contribution in [3.63, 3.8) is 0 Å². The second-order valence-corrected chi connectivity index (χ2v) is 5.06. The minimum Gasteiger partial charge on any atom is -0.497 e. The van der Waals surface area contributed by atoms with Gasteiger partial charge in [-0.15, -0.1) is 0 Å². The molecule has 0 saturated heterocycles. The molecule has 0 aliphatic carbocycles. The minimum atomic E-state index is -0.637. The van der Waals surface area contributed by atoms with Gasteiger partial charge in [0.15, 0.2) is 5.82 Å². The Kier molecular flexibility index (Phi) is 4.70. The number of primary amides is 1. The maximum absolute atomic E-state index is 11.8. The highest BCUT2D eigenvalue weighted by molar-refractivity contribution is 6.03. The molecule has 2 heterocycles. The topological polar surface area (TPSA) is 118 Å². The van der Waals surface area contributed by atoms with Gasteiger partial charge in [-0.2, -0.15) is 5.10 Å². The average Bonchev–Trinajstić information content (AvgIpc) is 3.04. The van der Waals surface area contributed by atoms with E-state index >= 15 is 0 Å². The second kappa shape index (κ2) is 7.26. The number of hydrogen-bond donors (Lipinski definition) is 3. The van der Waals surface area contributed by atoms with Crippen molar-refractivity contribution in [2.45, 2.75) is 0 Å². The summed E-state index contributed by atoms with van der Waals surface area (Å²) >= 11 is 0. The Balaban J connectivity index is 1.86. The third kappa shape index (κ3) is 3.81. The number of aliphatic imine (C=N–C) groups is 1. The summed E-state index contributed by atoms with van der Waals surface area (Å²) in [6, 6.07) is 10.9. The molecule has 1 amide bonds. The number of benzene rings is 1. The molecule has 0 aliphatic heterocycles. The lowest BCUT2D eigenvalue weighted by atomic mass is 10.2. The van der Waals surface area contributed by atoms with Crippen molar-refractivity contribution in [2.75, 3.05) is 12.4 Å². The Morgan fingerprint density at radius 2 is 2.12 bits per heavy atom. The van der Waals surface area contributed by atoms with E-state index in [4.69, 9.17) is 10.5 Å². The van der Waals surface area contributed by atoms with Crippen LogP contribution in [-0.4, -0.2) is 34.4 Å². The van der Waals surface area contributed by atoms with E-state index in [-0.39, 0.29) is 11.4 Å². The van der Waals surface area contributed by atoms with E-state index in [9.17, 15) is 4.79 Å². The third-order valence-electron chi connectivity index (χ3n) is 3.38. The van der Waals surface area contributed by atoms with E-state index in [1.165, 1.54) is 0 Å². The monoisotopic (exact) mass is 336 g/mol. The lowest BCUT2D eigenvalue weighted by Crippen LogP contribution is -2.12. The number of nitrogens with one attached hydrogen (secondary N) is 2. The van der Waals surface area contributed by atoms with Crippen molar-refractivity contribution in [3.05, 3.63) is 59.9 Å². The quantitative estimate of drug-likeness (QED) is 0.597. The van der Waals surface area contributed by atoms with Gasteiger partial charge in [0.25, 0.3) is 5.91 Å². The second-order valence-electron chi connectivity index (χ2n) is 5.06. The molecule has 8 heteroatoms. The van der Waals surface area contributed by atoms with Crippen molar-refractivity contribution in [1.29, 1.82) is 0 Å². The number of anilines is 2. The maximum Gasteiger partial charge on any atom is 0.256 e. The van der Waals surface area contributed by atoms with E-state index in [1.54, 1.807) is 37.9 Å². The number of H-pyrrole nitrogens is 1. The first kappa shape index (κ1) is 16.2. The summed E-state index contributed by atoms with van der Waals surface area (Å²) in [6.07, 6.45) is 4.86. The van der Waals surface area contributed by atoms with E-state index < -0.39 is 5.91 Å². The maximum atomic E-state index is 11.8. The fraction of sp³-hybridized carbons (Fsp3) is 0.0588. The van der Waals surface area contributed by atoms with Gasteiger partial charge in [0, 0.05) is 12.4 Å². The van der Waals surface area contributed by atoms with Crippen LogP contribution >= 0.6 is 0 Å². The largest absolute Gasteiger partial charge is 0.497 e. The number of rotatable bonds is 6. The Bertz CT molecular complexity index is 887. The van der Waals surface area contributed by atoms with E-state index in [0.29, 0.717) is 11.5 Å². The van der Waals surface area contributed by atoms with Crippen molar-refractivity contribution in [2.24, 2.45) is 10.7 Å². The zero-order valence-electron chi connectivity index (χ0n) is 13.4. The van der Waals surface area contributed by atoms with Crippen LogP contribution in [0.4, 0.5) is 17.3 Å². The van der Waals surface area contributed by atoms with Gasteiger partial charge in [0.2, 0.25) is 0 Å². The smallest absolute Gasteiger partial charge is 0.256 e. The minimum absolute atomic E-state index is 0.175. The van der Waals surface area contributed by atoms with Crippen LogP contribution in [0.1, 0.15) is 15.9 Å². The number of aromatic nitrogens is 3. The van der Waals surface area contributed by atoms with Gasteiger partial charge in [0.05, 0.1) is 19.0 Å². The van der Waals surface area contributed by atoms with Gasteiger partial charge in [0.1, 0.15) is 17.1 Å². The zero-order valence-corrected chi connectivity index (χ0v) is 13.4. The average molecular weight is 336 g/mol. The molecule has 0 spiro atoms. The molecule has 2 aromatic heterocycles. The summed E-state index contributed by atoms with van der Waals surface area (Å²) in [4.78, 5) is 20.1. The SMILES string of the molecule is COc1ccc(C=Nc2n[nH]c(Nc3cccnc3)c2C(N)=O)cc1. The molecule has 0 unspecified atom stereocenters. The van der Waals surface area contributed by atoms with Crippen LogP contribution < -0.4 is 15.8 Å². The number of amides is 1. The fourth-order valence-electron chi connectivity index (χ4n) is 2.16. The Labute approximate surface area is 143 Å². The standard InChI is InChI=1S/C17H16N6O2/c1-25-13-6-4-11(5-7-13)9-20-16-14(15(18)24)17(23-22-16)21-12-3-2-8-19-10-12/h2-10H,1H3,(H2,18,24)(H2,21,22,23). The lowest BCUT2D eigenvalue weighted by Gasteiger charge is -2.04. The highest BCUT2D eigenvalue weighted by atomic mass is 16.5. The summed E-state index contributed by atoms with van der Waals surface area (Å²) in [6.45, 7) is 0. The molecule has 0 fully saturated rings. The molecule has 0 bridgehead atoms. The predicted molar refractivity (Wildman–Crippen MR) is 94.9 cm³/mol. The Morgan fingerprint density at radius 1 is 1.32 bits per heavy atom.